The van der Waals surface area contributed by atoms with Crippen LogP contribution in [0.5, 0.6) is 0 Å². The molecule has 0 fully saturated rings. The molecule has 0 bridgehead atoms. The summed E-state index contributed by atoms with van der Waals surface area (Å²) in [6.07, 6.45) is 2.04. The summed E-state index contributed by atoms with van der Waals surface area (Å²) in [6.45, 7) is 4.14. The Balaban J connectivity index is 1.99. The third-order valence-corrected chi connectivity index (χ3v) is 5.23. The summed E-state index contributed by atoms with van der Waals surface area (Å²) < 4.78 is 22.7. The largest absolute Gasteiger partial charge is 0.437 e. The van der Waals surface area contributed by atoms with Crippen LogP contribution in [-0.2, 0) is 7.05 Å². The number of pyridine rings is 2. The van der Waals surface area contributed by atoms with E-state index in [0.29, 0.717) is 11.1 Å². The Morgan fingerprint density at radius 1 is 0.963 bits per heavy atom. The molecular weight excluding hydrogens is 339 g/mol. The first-order valence-electron chi connectivity index (χ1n) is 8.91. The Hall–Kier alpha value is -3.27. The maximum Gasteiger partial charge on any atom is 0.230 e. The summed E-state index contributed by atoms with van der Waals surface area (Å²) in [5.41, 5.74) is 5.43. The first-order chi connectivity index (χ1) is 13.0. The highest BCUT2D eigenvalue weighted by molar-refractivity contribution is 6.19. The zero-order chi connectivity index (χ0) is 18.7. The van der Waals surface area contributed by atoms with Crippen LogP contribution in [0.2, 0.25) is 0 Å². The summed E-state index contributed by atoms with van der Waals surface area (Å²) >= 11 is 0. The van der Waals surface area contributed by atoms with E-state index >= 15 is 0 Å². The number of benzene rings is 2. The number of hydrogen-bond acceptors (Lipinski definition) is 2. The predicted octanol–water partition coefficient (Wildman–Crippen LogP) is 5.38. The highest BCUT2D eigenvalue weighted by Crippen LogP contribution is 2.39. The SMILES string of the molecule is Cc1cc[n+](C)c(-c2c(C)ccc3c2oc2nc(F)c4ccccc4c23)c1. The smallest absolute Gasteiger partial charge is 0.230 e. The molecule has 5 rings (SSSR count). The maximum absolute atomic E-state index is 14.5. The van der Waals surface area contributed by atoms with Gasteiger partial charge in [0.25, 0.3) is 0 Å². The number of hydrogen-bond donors (Lipinski definition) is 0. The van der Waals surface area contributed by atoms with Crippen molar-refractivity contribution in [1.82, 2.24) is 4.98 Å². The molecule has 0 radical (unpaired) electrons. The number of aromatic nitrogens is 2. The topological polar surface area (TPSA) is 29.9 Å². The zero-order valence-corrected chi connectivity index (χ0v) is 15.4. The molecule has 0 aliphatic heterocycles. The van der Waals surface area contributed by atoms with Gasteiger partial charge in [-0.05, 0) is 36.4 Å². The van der Waals surface area contributed by atoms with Gasteiger partial charge in [0.05, 0.1) is 10.9 Å². The molecule has 5 aromatic rings. The van der Waals surface area contributed by atoms with E-state index in [2.05, 4.69) is 41.6 Å². The van der Waals surface area contributed by atoms with Crippen molar-refractivity contribution in [2.45, 2.75) is 13.8 Å². The van der Waals surface area contributed by atoms with E-state index in [9.17, 15) is 4.39 Å². The van der Waals surface area contributed by atoms with E-state index in [0.717, 1.165) is 38.6 Å². The number of rotatable bonds is 1. The lowest BCUT2D eigenvalue weighted by atomic mass is 9.99. The Bertz CT molecular complexity index is 1370. The standard InChI is InChI=1S/C23H18FN2O/c1-13-10-11-26(3)18(12-13)19-14(2)8-9-17-20-15-6-4-5-7-16(15)22(24)25-23(20)27-21(17)19/h4-12H,1-3H3/q+1. The molecule has 0 aliphatic rings. The van der Waals surface area contributed by atoms with E-state index < -0.39 is 5.95 Å². The van der Waals surface area contributed by atoms with Crippen LogP contribution < -0.4 is 4.57 Å². The van der Waals surface area contributed by atoms with Crippen molar-refractivity contribution < 1.29 is 13.4 Å². The highest BCUT2D eigenvalue weighted by atomic mass is 19.1. The summed E-state index contributed by atoms with van der Waals surface area (Å²) in [6, 6.07) is 15.8. The van der Waals surface area contributed by atoms with Crippen LogP contribution in [-0.4, -0.2) is 4.98 Å². The first kappa shape index (κ1) is 15.9. The lowest BCUT2D eigenvalue weighted by Crippen LogP contribution is -2.30. The minimum atomic E-state index is -0.503. The van der Waals surface area contributed by atoms with Crippen molar-refractivity contribution >= 4 is 32.8 Å². The Kier molecular flexibility index (Phi) is 3.31. The van der Waals surface area contributed by atoms with E-state index in [1.54, 1.807) is 6.07 Å². The van der Waals surface area contributed by atoms with Gasteiger partial charge in [-0.3, -0.25) is 0 Å². The van der Waals surface area contributed by atoms with Crippen LogP contribution >= 0.6 is 0 Å². The number of furan rings is 1. The van der Waals surface area contributed by atoms with Gasteiger partial charge >= 0.3 is 0 Å². The summed E-state index contributed by atoms with van der Waals surface area (Å²) in [5, 5.41) is 3.15. The van der Waals surface area contributed by atoms with E-state index in [1.165, 1.54) is 5.56 Å². The summed E-state index contributed by atoms with van der Waals surface area (Å²) in [4.78, 5) is 4.11. The predicted molar refractivity (Wildman–Crippen MR) is 105 cm³/mol. The van der Waals surface area contributed by atoms with E-state index in [1.807, 2.05) is 37.5 Å². The average Bonchev–Trinajstić information content (AvgIpc) is 3.02. The van der Waals surface area contributed by atoms with E-state index in [-0.39, 0.29) is 0 Å². The lowest BCUT2D eigenvalue weighted by Gasteiger charge is -2.06. The second kappa shape index (κ2) is 5.61. The van der Waals surface area contributed by atoms with Crippen molar-refractivity contribution in [2.24, 2.45) is 7.05 Å². The molecule has 0 spiro atoms. The number of halogens is 1. The lowest BCUT2D eigenvalue weighted by molar-refractivity contribution is -0.660. The highest BCUT2D eigenvalue weighted by Gasteiger charge is 2.22. The van der Waals surface area contributed by atoms with Gasteiger partial charge in [-0.1, -0.05) is 30.3 Å². The van der Waals surface area contributed by atoms with Gasteiger partial charge in [0.15, 0.2) is 11.8 Å². The van der Waals surface area contributed by atoms with Crippen LogP contribution in [0.3, 0.4) is 0 Å². The van der Waals surface area contributed by atoms with Gasteiger partial charge in [-0.15, -0.1) is 0 Å². The van der Waals surface area contributed by atoms with Crippen LogP contribution in [0, 0.1) is 19.8 Å². The molecule has 27 heavy (non-hydrogen) atoms. The van der Waals surface area contributed by atoms with Crippen molar-refractivity contribution in [1.29, 1.82) is 0 Å². The molecule has 3 heterocycles. The van der Waals surface area contributed by atoms with Gasteiger partial charge in [0, 0.05) is 22.9 Å². The van der Waals surface area contributed by atoms with Gasteiger partial charge in [0.2, 0.25) is 17.4 Å². The molecule has 0 saturated heterocycles. The van der Waals surface area contributed by atoms with Crippen molar-refractivity contribution in [2.75, 3.05) is 0 Å². The average molecular weight is 357 g/mol. The molecule has 0 amide bonds. The number of nitrogens with zero attached hydrogens (tertiary/aromatic N) is 2. The molecule has 4 heteroatoms. The third-order valence-electron chi connectivity index (χ3n) is 5.23. The maximum atomic E-state index is 14.5. The van der Waals surface area contributed by atoms with Crippen LogP contribution in [0.1, 0.15) is 11.1 Å². The van der Waals surface area contributed by atoms with Crippen LogP contribution in [0.25, 0.3) is 44.1 Å². The quantitative estimate of drug-likeness (QED) is 0.298. The normalized spacial score (nSPS) is 11.7. The molecule has 132 valence electrons. The van der Waals surface area contributed by atoms with Crippen molar-refractivity contribution in [3.63, 3.8) is 0 Å². The second-order valence-corrected chi connectivity index (χ2v) is 7.06. The summed E-state index contributed by atoms with van der Waals surface area (Å²) in [5.74, 6) is -0.503. The fourth-order valence-corrected chi connectivity index (χ4v) is 3.86. The molecular formula is C23H18FN2O+. The Morgan fingerprint density at radius 2 is 1.74 bits per heavy atom. The number of fused-ring (bicyclic) bond motifs is 5. The van der Waals surface area contributed by atoms with E-state index in [4.69, 9.17) is 4.42 Å². The molecule has 0 N–H and O–H groups in total. The molecule has 3 aromatic heterocycles. The van der Waals surface area contributed by atoms with Gasteiger partial charge in [-0.25, -0.2) is 4.57 Å². The van der Waals surface area contributed by atoms with Crippen molar-refractivity contribution in [3.8, 4) is 11.3 Å². The second-order valence-electron chi connectivity index (χ2n) is 7.06. The first-order valence-corrected chi connectivity index (χ1v) is 8.91. The Labute approximate surface area is 155 Å². The van der Waals surface area contributed by atoms with Crippen LogP contribution in [0.4, 0.5) is 4.39 Å². The molecule has 2 aromatic carbocycles. The Morgan fingerprint density at radius 3 is 2.56 bits per heavy atom. The molecule has 0 unspecified atom stereocenters. The van der Waals surface area contributed by atoms with Gasteiger partial charge in [-0.2, -0.15) is 9.37 Å². The van der Waals surface area contributed by atoms with Gasteiger partial charge in [0.1, 0.15) is 7.05 Å². The minimum absolute atomic E-state index is 0.336. The fourth-order valence-electron chi connectivity index (χ4n) is 3.86. The molecule has 3 nitrogen and oxygen atoms in total. The summed E-state index contributed by atoms with van der Waals surface area (Å²) in [7, 11) is 2.02. The minimum Gasteiger partial charge on any atom is -0.437 e. The third kappa shape index (κ3) is 2.26. The number of aryl methyl sites for hydroxylation is 3. The molecule has 0 saturated carbocycles. The van der Waals surface area contributed by atoms with Gasteiger partial charge < -0.3 is 4.42 Å². The zero-order valence-electron chi connectivity index (χ0n) is 15.4. The van der Waals surface area contributed by atoms with Crippen molar-refractivity contribution in [3.05, 3.63) is 71.8 Å². The fraction of sp³-hybridized carbons (Fsp3) is 0.130. The molecule has 0 aliphatic carbocycles. The monoisotopic (exact) mass is 357 g/mol. The van der Waals surface area contributed by atoms with Crippen LogP contribution in [0.15, 0.2) is 59.1 Å². The molecule has 0 atom stereocenters.